The molecule has 0 spiro atoms. The summed E-state index contributed by atoms with van der Waals surface area (Å²) >= 11 is 5.35. The number of hydrogen-bond acceptors (Lipinski definition) is 4. The Hall–Kier alpha value is -1.99. The van der Waals surface area contributed by atoms with Gasteiger partial charge in [-0.1, -0.05) is 36.8 Å². The summed E-state index contributed by atoms with van der Waals surface area (Å²) in [5.41, 5.74) is 2.19. The van der Waals surface area contributed by atoms with Crippen molar-refractivity contribution in [3.8, 4) is 11.4 Å². The minimum Gasteiger partial charge on any atom is -0.354 e. The van der Waals surface area contributed by atoms with Crippen LogP contribution in [-0.4, -0.2) is 51.2 Å². The second kappa shape index (κ2) is 9.28. The van der Waals surface area contributed by atoms with Gasteiger partial charge < -0.3 is 5.32 Å². The first-order valence-electron chi connectivity index (χ1n) is 9.81. The number of amides is 1. The van der Waals surface area contributed by atoms with E-state index in [1.807, 2.05) is 28.8 Å². The van der Waals surface area contributed by atoms with Crippen LogP contribution in [0.5, 0.6) is 0 Å². The van der Waals surface area contributed by atoms with Crippen molar-refractivity contribution >= 4 is 18.1 Å². The Labute approximate surface area is 166 Å². The molecule has 1 atom stereocenters. The van der Waals surface area contributed by atoms with Gasteiger partial charge in [0.25, 0.3) is 0 Å². The van der Waals surface area contributed by atoms with Gasteiger partial charge in [-0.15, -0.1) is 0 Å². The predicted octanol–water partition coefficient (Wildman–Crippen LogP) is 3.30. The Morgan fingerprint density at radius 3 is 2.67 bits per heavy atom. The summed E-state index contributed by atoms with van der Waals surface area (Å²) in [5.74, 6) is 0.835. The molecule has 1 aromatic heterocycles. The first-order chi connectivity index (χ1) is 13.1. The largest absolute Gasteiger partial charge is 0.354 e. The Bertz CT molecular complexity index is 805. The zero-order chi connectivity index (χ0) is 19.2. The standard InChI is InChI=1S/C20H29N5OS/c1-3-17(24-11-4-5-12-24)14-21-18(26)10-13-25-19(22-23-20(25)27)16-8-6-15(2)7-9-16/h6-9,17H,3-5,10-14H2,1-2H3,(H,21,26)(H,23,27). The van der Waals surface area contributed by atoms with Crippen LogP contribution in [0.3, 0.4) is 0 Å². The van der Waals surface area contributed by atoms with Gasteiger partial charge in [-0.2, -0.15) is 5.10 Å². The molecule has 1 aromatic carbocycles. The maximum Gasteiger partial charge on any atom is 0.221 e. The smallest absolute Gasteiger partial charge is 0.221 e. The van der Waals surface area contributed by atoms with Gasteiger partial charge in [0.05, 0.1) is 0 Å². The van der Waals surface area contributed by atoms with Crippen molar-refractivity contribution in [3.05, 3.63) is 34.6 Å². The van der Waals surface area contributed by atoms with E-state index in [0.717, 1.165) is 37.4 Å². The second-order valence-corrected chi connectivity index (χ2v) is 7.62. The second-order valence-electron chi connectivity index (χ2n) is 7.23. The summed E-state index contributed by atoms with van der Waals surface area (Å²) in [5, 5.41) is 10.3. The van der Waals surface area contributed by atoms with Crippen molar-refractivity contribution in [1.82, 2.24) is 25.0 Å². The van der Waals surface area contributed by atoms with E-state index in [1.54, 1.807) is 0 Å². The summed E-state index contributed by atoms with van der Waals surface area (Å²) < 4.78 is 2.44. The van der Waals surface area contributed by atoms with Crippen LogP contribution in [0.1, 0.15) is 38.2 Å². The molecule has 1 saturated heterocycles. The van der Waals surface area contributed by atoms with Gasteiger partial charge in [-0.05, 0) is 51.5 Å². The number of carbonyl (C=O) groups excluding carboxylic acids is 1. The molecule has 1 unspecified atom stereocenters. The average Bonchev–Trinajstić information content (AvgIpc) is 3.32. The van der Waals surface area contributed by atoms with Gasteiger partial charge in [-0.25, -0.2) is 0 Å². The molecular weight excluding hydrogens is 358 g/mol. The average molecular weight is 388 g/mol. The maximum atomic E-state index is 12.4. The van der Waals surface area contributed by atoms with Gasteiger partial charge in [0, 0.05) is 31.1 Å². The van der Waals surface area contributed by atoms with Crippen LogP contribution in [-0.2, 0) is 11.3 Å². The molecule has 1 aliphatic rings. The number of hydrogen-bond donors (Lipinski definition) is 2. The highest BCUT2D eigenvalue weighted by molar-refractivity contribution is 7.71. The summed E-state index contributed by atoms with van der Waals surface area (Å²) in [6.45, 7) is 7.78. The Morgan fingerprint density at radius 1 is 1.30 bits per heavy atom. The molecule has 146 valence electrons. The summed E-state index contributed by atoms with van der Waals surface area (Å²) in [7, 11) is 0. The number of aromatic amines is 1. The Morgan fingerprint density at radius 2 is 2.00 bits per heavy atom. The molecule has 1 fully saturated rings. The van der Waals surface area contributed by atoms with Crippen LogP contribution in [0.2, 0.25) is 0 Å². The molecule has 7 heteroatoms. The van der Waals surface area contributed by atoms with E-state index in [-0.39, 0.29) is 5.91 Å². The number of rotatable bonds is 8. The number of benzene rings is 1. The molecule has 0 saturated carbocycles. The van der Waals surface area contributed by atoms with Crippen LogP contribution < -0.4 is 5.32 Å². The third-order valence-corrected chi connectivity index (χ3v) is 5.61. The quantitative estimate of drug-likeness (QED) is 0.682. The van der Waals surface area contributed by atoms with Crippen molar-refractivity contribution in [2.45, 2.75) is 52.1 Å². The molecule has 2 N–H and O–H groups in total. The van der Waals surface area contributed by atoms with Gasteiger partial charge in [0.1, 0.15) is 0 Å². The minimum absolute atomic E-state index is 0.0607. The summed E-state index contributed by atoms with van der Waals surface area (Å²) in [6, 6.07) is 8.59. The van der Waals surface area contributed by atoms with Crippen LogP contribution in [0.25, 0.3) is 11.4 Å². The zero-order valence-corrected chi connectivity index (χ0v) is 17.0. The number of likely N-dealkylation sites (tertiary alicyclic amines) is 1. The molecule has 0 radical (unpaired) electrons. The highest BCUT2D eigenvalue weighted by Crippen LogP contribution is 2.18. The van der Waals surface area contributed by atoms with Crippen molar-refractivity contribution in [3.63, 3.8) is 0 Å². The SMILES string of the molecule is CCC(CNC(=O)CCn1c(-c2ccc(C)cc2)n[nH]c1=S)N1CCCC1. The molecule has 2 heterocycles. The van der Waals surface area contributed by atoms with E-state index < -0.39 is 0 Å². The highest BCUT2D eigenvalue weighted by Gasteiger charge is 2.20. The number of aryl methyl sites for hydroxylation is 1. The van der Waals surface area contributed by atoms with Crippen molar-refractivity contribution in [2.75, 3.05) is 19.6 Å². The lowest BCUT2D eigenvalue weighted by atomic mass is 10.1. The lowest BCUT2D eigenvalue weighted by molar-refractivity contribution is -0.121. The third kappa shape index (κ3) is 5.05. The number of aromatic nitrogens is 3. The number of nitrogens with one attached hydrogen (secondary N) is 2. The van der Waals surface area contributed by atoms with E-state index in [9.17, 15) is 4.79 Å². The molecule has 0 bridgehead atoms. The Kier molecular flexibility index (Phi) is 6.79. The van der Waals surface area contributed by atoms with E-state index in [2.05, 4.69) is 34.3 Å². The van der Waals surface area contributed by atoms with Crippen LogP contribution in [0, 0.1) is 11.7 Å². The van der Waals surface area contributed by atoms with E-state index in [4.69, 9.17) is 12.2 Å². The van der Waals surface area contributed by atoms with Gasteiger partial charge in [0.15, 0.2) is 10.6 Å². The van der Waals surface area contributed by atoms with Crippen molar-refractivity contribution < 1.29 is 4.79 Å². The summed E-state index contributed by atoms with van der Waals surface area (Å²) in [6.07, 6.45) is 3.99. The first kappa shape index (κ1) is 19.8. The molecule has 0 aliphatic carbocycles. The molecule has 3 rings (SSSR count). The summed E-state index contributed by atoms with van der Waals surface area (Å²) in [4.78, 5) is 14.9. The predicted molar refractivity (Wildman–Crippen MR) is 110 cm³/mol. The van der Waals surface area contributed by atoms with E-state index in [1.165, 1.54) is 18.4 Å². The monoisotopic (exact) mass is 387 g/mol. The van der Waals surface area contributed by atoms with Gasteiger partial charge >= 0.3 is 0 Å². The molecule has 2 aromatic rings. The normalized spacial score (nSPS) is 15.8. The number of H-pyrrole nitrogens is 1. The van der Waals surface area contributed by atoms with Crippen LogP contribution in [0.4, 0.5) is 0 Å². The molecule has 27 heavy (non-hydrogen) atoms. The molecule has 6 nitrogen and oxygen atoms in total. The number of carbonyl (C=O) groups is 1. The van der Waals surface area contributed by atoms with Gasteiger partial charge in [-0.3, -0.25) is 19.4 Å². The fourth-order valence-electron chi connectivity index (χ4n) is 3.62. The number of nitrogens with zero attached hydrogens (tertiary/aromatic N) is 3. The van der Waals surface area contributed by atoms with Crippen molar-refractivity contribution in [2.24, 2.45) is 0 Å². The zero-order valence-electron chi connectivity index (χ0n) is 16.2. The molecule has 1 aliphatic heterocycles. The van der Waals surface area contributed by atoms with E-state index >= 15 is 0 Å². The Balaban J connectivity index is 1.56. The van der Waals surface area contributed by atoms with Crippen LogP contribution in [0.15, 0.2) is 24.3 Å². The fraction of sp³-hybridized carbons (Fsp3) is 0.550. The highest BCUT2D eigenvalue weighted by atomic mass is 32.1. The first-order valence-corrected chi connectivity index (χ1v) is 10.2. The molecule has 1 amide bonds. The lowest BCUT2D eigenvalue weighted by Gasteiger charge is -2.26. The third-order valence-electron chi connectivity index (χ3n) is 5.29. The van der Waals surface area contributed by atoms with Gasteiger partial charge in [0.2, 0.25) is 5.91 Å². The van der Waals surface area contributed by atoms with Crippen LogP contribution >= 0.6 is 12.2 Å². The van der Waals surface area contributed by atoms with E-state index in [0.29, 0.717) is 23.8 Å². The maximum absolute atomic E-state index is 12.4. The molecular formula is C20H29N5OS. The lowest BCUT2D eigenvalue weighted by Crippen LogP contribution is -2.42. The van der Waals surface area contributed by atoms with Crippen molar-refractivity contribution in [1.29, 1.82) is 0 Å². The fourth-order valence-corrected chi connectivity index (χ4v) is 3.84. The topological polar surface area (TPSA) is 66.0 Å². The minimum atomic E-state index is 0.0607.